The van der Waals surface area contributed by atoms with Gasteiger partial charge in [-0.3, -0.25) is 4.79 Å². The number of hydrogen-bond donors (Lipinski definition) is 3. The summed E-state index contributed by atoms with van der Waals surface area (Å²) >= 11 is 5.60. The average Bonchev–Trinajstić information content (AvgIpc) is 2.97. The number of halogens is 1. The van der Waals surface area contributed by atoms with Crippen LogP contribution in [0.1, 0.15) is 29.8 Å². The molecular weight excluding hydrogens is 258 g/mol. The number of amides is 1. The third-order valence-electron chi connectivity index (χ3n) is 3.12. The molecule has 2 rings (SSSR count). The molecule has 1 aliphatic rings. The molecule has 1 aliphatic carbocycles. The molecule has 0 spiro atoms. The molecule has 1 aromatic rings. The van der Waals surface area contributed by atoms with Crippen molar-refractivity contribution in [2.24, 2.45) is 16.8 Å². The van der Waals surface area contributed by atoms with Gasteiger partial charge in [-0.05, 0) is 36.6 Å². The summed E-state index contributed by atoms with van der Waals surface area (Å²) in [4.78, 5) is 11.9. The highest BCUT2D eigenvalue weighted by Gasteiger charge is 2.32. The SMILES string of the molecule is N/C(=N/O)C1CCCC1NC(=O)c1ccc(Cl)o1. The van der Waals surface area contributed by atoms with Gasteiger partial charge in [-0.2, -0.15) is 0 Å². The first kappa shape index (κ1) is 12.8. The van der Waals surface area contributed by atoms with Crippen LogP contribution in [-0.2, 0) is 0 Å². The summed E-state index contributed by atoms with van der Waals surface area (Å²) in [5.41, 5.74) is 5.59. The van der Waals surface area contributed by atoms with Crippen LogP contribution in [0.2, 0.25) is 5.22 Å². The van der Waals surface area contributed by atoms with E-state index in [0.717, 1.165) is 19.3 Å². The van der Waals surface area contributed by atoms with Crippen molar-refractivity contribution in [3.05, 3.63) is 23.1 Å². The van der Waals surface area contributed by atoms with E-state index >= 15 is 0 Å². The van der Waals surface area contributed by atoms with Crippen LogP contribution >= 0.6 is 11.6 Å². The third kappa shape index (κ3) is 2.59. The molecule has 0 bridgehead atoms. The van der Waals surface area contributed by atoms with E-state index in [0.29, 0.717) is 0 Å². The zero-order valence-corrected chi connectivity index (χ0v) is 10.4. The van der Waals surface area contributed by atoms with Crippen molar-refractivity contribution in [2.45, 2.75) is 25.3 Å². The highest BCUT2D eigenvalue weighted by molar-refractivity contribution is 6.29. The first-order valence-corrected chi connectivity index (χ1v) is 6.03. The highest BCUT2D eigenvalue weighted by atomic mass is 35.5. The molecule has 2 unspecified atom stereocenters. The Morgan fingerprint density at radius 3 is 2.94 bits per heavy atom. The number of carbonyl (C=O) groups excluding carboxylic acids is 1. The van der Waals surface area contributed by atoms with Gasteiger partial charge in [-0.25, -0.2) is 0 Å². The Bertz CT molecular complexity index is 472. The molecule has 4 N–H and O–H groups in total. The molecule has 0 aromatic carbocycles. The Morgan fingerprint density at radius 2 is 2.33 bits per heavy atom. The van der Waals surface area contributed by atoms with Gasteiger partial charge >= 0.3 is 0 Å². The van der Waals surface area contributed by atoms with E-state index in [-0.39, 0.29) is 34.7 Å². The molecule has 1 aromatic heterocycles. The van der Waals surface area contributed by atoms with Gasteiger partial charge in [0.25, 0.3) is 5.91 Å². The number of nitrogens with one attached hydrogen (secondary N) is 1. The summed E-state index contributed by atoms with van der Waals surface area (Å²) in [6.07, 6.45) is 2.51. The molecule has 7 heteroatoms. The molecule has 1 heterocycles. The van der Waals surface area contributed by atoms with Crippen LogP contribution in [0.15, 0.2) is 21.7 Å². The molecule has 0 aliphatic heterocycles. The molecule has 1 amide bonds. The van der Waals surface area contributed by atoms with Crippen LogP contribution in [0.5, 0.6) is 0 Å². The fraction of sp³-hybridized carbons (Fsp3) is 0.455. The summed E-state index contributed by atoms with van der Waals surface area (Å²) in [6.45, 7) is 0. The van der Waals surface area contributed by atoms with Crippen LogP contribution in [0.4, 0.5) is 0 Å². The number of nitrogens with two attached hydrogens (primary N) is 1. The number of furan rings is 1. The predicted octanol–water partition coefficient (Wildman–Crippen LogP) is 1.58. The van der Waals surface area contributed by atoms with Crippen molar-refractivity contribution in [1.82, 2.24) is 5.32 Å². The van der Waals surface area contributed by atoms with Crippen molar-refractivity contribution >= 4 is 23.3 Å². The Hall–Kier alpha value is -1.69. The van der Waals surface area contributed by atoms with Gasteiger partial charge in [-0.15, -0.1) is 0 Å². The van der Waals surface area contributed by atoms with Gasteiger partial charge in [0.05, 0.1) is 0 Å². The summed E-state index contributed by atoms with van der Waals surface area (Å²) in [5, 5.41) is 14.7. The molecule has 18 heavy (non-hydrogen) atoms. The van der Waals surface area contributed by atoms with Crippen LogP contribution in [0, 0.1) is 5.92 Å². The van der Waals surface area contributed by atoms with Gasteiger partial charge in [0, 0.05) is 12.0 Å². The molecule has 0 radical (unpaired) electrons. The lowest BCUT2D eigenvalue weighted by molar-refractivity contribution is 0.0905. The van der Waals surface area contributed by atoms with Gasteiger partial charge < -0.3 is 20.7 Å². The van der Waals surface area contributed by atoms with Crippen LogP contribution in [-0.4, -0.2) is 23.0 Å². The molecule has 2 atom stereocenters. The fourth-order valence-electron chi connectivity index (χ4n) is 2.24. The Labute approximate surface area is 109 Å². The minimum absolute atomic E-state index is 0.135. The lowest BCUT2D eigenvalue weighted by atomic mass is 10.0. The molecule has 0 saturated heterocycles. The quantitative estimate of drug-likeness (QED) is 0.336. The summed E-state index contributed by atoms with van der Waals surface area (Å²) < 4.78 is 5.02. The van der Waals surface area contributed by atoms with Crippen molar-refractivity contribution in [3.8, 4) is 0 Å². The number of oxime groups is 1. The Balaban J connectivity index is 2.03. The number of carbonyl (C=O) groups is 1. The number of hydrogen-bond acceptors (Lipinski definition) is 4. The van der Waals surface area contributed by atoms with E-state index in [2.05, 4.69) is 10.5 Å². The van der Waals surface area contributed by atoms with Gasteiger partial charge in [0.15, 0.2) is 11.0 Å². The van der Waals surface area contributed by atoms with E-state index in [1.54, 1.807) is 0 Å². The largest absolute Gasteiger partial charge is 0.440 e. The van der Waals surface area contributed by atoms with E-state index < -0.39 is 0 Å². The first-order valence-electron chi connectivity index (χ1n) is 5.65. The van der Waals surface area contributed by atoms with Gasteiger partial charge in [0.2, 0.25) is 0 Å². The van der Waals surface area contributed by atoms with Crippen molar-refractivity contribution in [3.63, 3.8) is 0 Å². The zero-order chi connectivity index (χ0) is 13.1. The highest BCUT2D eigenvalue weighted by Crippen LogP contribution is 2.26. The predicted molar refractivity (Wildman–Crippen MR) is 65.7 cm³/mol. The lowest BCUT2D eigenvalue weighted by Crippen LogP contribution is -2.42. The third-order valence-corrected chi connectivity index (χ3v) is 3.33. The molecule has 1 fully saturated rings. The molecule has 1 saturated carbocycles. The van der Waals surface area contributed by atoms with Crippen LogP contribution < -0.4 is 11.1 Å². The number of rotatable bonds is 3. The maximum atomic E-state index is 11.9. The standard InChI is InChI=1S/C11H14ClN3O3/c12-9-5-4-8(18-9)11(16)14-7-3-1-2-6(7)10(13)15-17/h4-7,17H,1-3H2,(H2,13,15)(H,14,16). The second-order valence-electron chi connectivity index (χ2n) is 4.25. The maximum Gasteiger partial charge on any atom is 0.287 e. The second-order valence-corrected chi connectivity index (χ2v) is 4.62. The summed E-state index contributed by atoms with van der Waals surface area (Å²) in [7, 11) is 0. The van der Waals surface area contributed by atoms with Crippen molar-refractivity contribution < 1.29 is 14.4 Å². The summed E-state index contributed by atoms with van der Waals surface area (Å²) in [5.74, 6) is -0.172. The minimum atomic E-state index is -0.343. The zero-order valence-electron chi connectivity index (χ0n) is 9.60. The van der Waals surface area contributed by atoms with E-state index in [9.17, 15) is 4.79 Å². The molecule has 98 valence electrons. The van der Waals surface area contributed by atoms with Crippen LogP contribution in [0.25, 0.3) is 0 Å². The van der Waals surface area contributed by atoms with Crippen molar-refractivity contribution in [2.75, 3.05) is 0 Å². The first-order chi connectivity index (χ1) is 8.61. The van der Waals surface area contributed by atoms with E-state index in [4.69, 9.17) is 27.0 Å². The smallest absolute Gasteiger partial charge is 0.287 e. The summed E-state index contributed by atoms with van der Waals surface area (Å²) in [6, 6.07) is 2.87. The number of amidine groups is 1. The monoisotopic (exact) mass is 271 g/mol. The molecular formula is C11H14ClN3O3. The minimum Gasteiger partial charge on any atom is -0.440 e. The Morgan fingerprint density at radius 1 is 1.56 bits per heavy atom. The molecule has 6 nitrogen and oxygen atoms in total. The van der Waals surface area contributed by atoms with E-state index in [1.165, 1.54) is 12.1 Å². The van der Waals surface area contributed by atoms with E-state index in [1.807, 2.05) is 0 Å². The normalized spacial score (nSPS) is 24.2. The van der Waals surface area contributed by atoms with Gasteiger partial charge in [-0.1, -0.05) is 11.6 Å². The van der Waals surface area contributed by atoms with Crippen molar-refractivity contribution in [1.29, 1.82) is 0 Å². The second kappa shape index (κ2) is 5.30. The maximum absolute atomic E-state index is 11.9. The Kier molecular flexibility index (Phi) is 3.76. The topological polar surface area (TPSA) is 101 Å². The number of nitrogens with zero attached hydrogens (tertiary/aromatic N) is 1. The average molecular weight is 272 g/mol. The fourth-order valence-corrected chi connectivity index (χ4v) is 2.38. The lowest BCUT2D eigenvalue weighted by Gasteiger charge is -2.19. The van der Waals surface area contributed by atoms with Gasteiger partial charge in [0.1, 0.15) is 5.84 Å². The van der Waals surface area contributed by atoms with Crippen LogP contribution in [0.3, 0.4) is 0 Å².